The number of rotatable bonds is 3. The van der Waals surface area contributed by atoms with E-state index in [1.54, 1.807) is 6.92 Å². The summed E-state index contributed by atoms with van der Waals surface area (Å²) < 4.78 is 14.9. The van der Waals surface area contributed by atoms with Crippen LogP contribution in [0.2, 0.25) is 0 Å². The average molecular weight is 166 g/mol. The SMILES string of the molecule is C.CCOC(=O)CS(C)=O. The topological polar surface area (TPSA) is 43.4 Å². The highest BCUT2D eigenvalue weighted by molar-refractivity contribution is 7.84. The Morgan fingerprint density at radius 3 is 2.40 bits per heavy atom. The maximum Gasteiger partial charge on any atom is 0.318 e. The van der Waals surface area contributed by atoms with Crippen molar-refractivity contribution in [2.24, 2.45) is 0 Å². The van der Waals surface area contributed by atoms with Gasteiger partial charge in [-0.2, -0.15) is 0 Å². The molecule has 0 spiro atoms. The highest BCUT2D eigenvalue weighted by Gasteiger charge is 2.02. The number of carbonyl (C=O) groups excluding carboxylic acids is 1. The van der Waals surface area contributed by atoms with E-state index in [1.807, 2.05) is 0 Å². The minimum atomic E-state index is -1.07. The lowest BCUT2D eigenvalue weighted by Gasteiger charge is -1.96. The fourth-order valence-electron chi connectivity index (χ4n) is 0.369. The summed E-state index contributed by atoms with van der Waals surface area (Å²) in [6.07, 6.45) is 1.47. The van der Waals surface area contributed by atoms with Gasteiger partial charge in [0.05, 0.1) is 6.61 Å². The van der Waals surface area contributed by atoms with Crippen molar-refractivity contribution >= 4 is 16.8 Å². The summed E-state index contributed by atoms with van der Waals surface area (Å²) in [6.45, 7) is 2.08. The molecule has 62 valence electrons. The van der Waals surface area contributed by atoms with Crippen LogP contribution in [0.25, 0.3) is 0 Å². The molecule has 1 unspecified atom stereocenters. The minimum Gasteiger partial charge on any atom is -0.465 e. The van der Waals surface area contributed by atoms with Gasteiger partial charge >= 0.3 is 5.97 Å². The highest BCUT2D eigenvalue weighted by Crippen LogP contribution is 1.80. The molecule has 0 fully saturated rings. The Labute approximate surface area is 64.2 Å². The zero-order valence-electron chi connectivity index (χ0n) is 5.55. The molecule has 0 aromatic heterocycles. The lowest BCUT2D eigenvalue weighted by atomic mass is 10.8. The summed E-state index contributed by atoms with van der Waals surface area (Å²) >= 11 is 0. The quantitative estimate of drug-likeness (QED) is 0.575. The average Bonchev–Trinajstić information content (AvgIpc) is 1.63. The Kier molecular flexibility index (Phi) is 8.29. The van der Waals surface area contributed by atoms with Gasteiger partial charge in [-0.25, -0.2) is 0 Å². The van der Waals surface area contributed by atoms with Gasteiger partial charge in [0.1, 0.15) is 5.75 Å². The fraction of sp³-hybridized carbons (Fsp3) is 0.833. The van der Waals surface area contributed by atoms with E-state index in [0.717, 1.165) is 0 Å². The van der Waals surface area contributed by atoms with Crippen molar-refractivity contribution in [3.63, 3.8) is 0 Å². The third-order valence-electron chi connectivity index (χ3n) is 0.626. The third-order valence-corrected chi connectivity index (χ3v) is 1.27. The predicted molar refractivity (Wildman–Crippen MR) is 42.3 cm³/mol. The van der Waals surface area contributed by atoms with Crippen LogP contribution in [-0.2, 0) is 20.3 Å². The second kappa shape index (κ2) is 6.74. The van der Waals surface area contributed by atoms with Gasteiger partial charge in [-0.15, -0.1) is 0 Å². The normalized spacial score (nSPS) is 11.4. The summed E-state index contributed by atoms with van der Waals surface area (Å²) in [5, 5.41) is 0. The van der Waals surface area contributed by atoms with Crippen LogP contribution in [-0.4, -0.2) is 28.8 Å². The standard InChI is InChI=1S/C5H10O3S.CH4/c1-3-8-5(6)4-9(2)7;/h3-4H2,1-2H3;1H4. The zero-order chi connectivity index (χ0) is 7.28. The molecule has 10 heavy (non-hydrogen) atoms. The number of hydrogen-bond donors (Lipinski definition) is 0. The Bertz CT molecular complexity index is 122. The molecule has 0 rings (SSSR count). The molecule has 4 heteroatoms. The van der Waals surface area contributed by atoms with E-state index in [2.05, 4.69) is 4.74 Å². The third kappa shape index (κ3) is 7.62. The molecule has 0 heterocycles. The van der Waals surface area contributed by atoms with Crippen LogP contribution in [0.15, 0.2) is 0 Å². The van der Waals surface area contributed by atoms with Crippen LogP contribution in [0, 0.1) is 0 Å². The van der Waals surface area contributed by atoms with Crippen LogP contribution < -0.4 is 0 Å². The summed E-state index contributed by atoms with van der Waals surface area (Å²) in [4.78, 5) is 10.4. The Balaban J connectivity index is 0. The first kappa shape index (κ1) is 12.3. The van der Waals surface area contributed by atoms with Crippen molar-refractivity contribution in [1.82, 2.24) is 0 Å². The predicted octanol–water partition coefficient (Wildman–Crippen LogP) is 0.564. The lowest BCUT2D eigenvalue weighted by molar-refractivity contribution is -0.139. The summed E-state index contributed by atoms with van der Waals surface area (Å²) in [5.74, 6) is -0.383. The number of esters is 1. The van der Waals surface area contributed by atoms with E-state index in [4.69, 9.17) is 0 Å². The van der Waals surface area contributed by atoms with Gasteiger partial charge < -0.3 is 4.74 Å². The van der Waals surface area contributed by atoms with Crippen molar-refractivity contribution in [2.45, 2.75) is 14.4 Å². The van der Waals surface area contributed by atoms with Crippen molar-refractivity contribution in [3.05, 3.63) is 0 Å². The van der Waals surface area contributed by atoms with Crippen molar-refractivity contribution < 1.29 is 13.7 Å². The lowest BCUT2D eigenvalue weighted by Crippen LogP contribution is -2.12. The zero-order valence-corrected chi connectivity index (χ0v) is 6.36. The minimum absolute atomic E-state index is 0. The second-order valence-electron chi connectivity index (χ2n) is 1.52. The molecule has 0 aliphatic carbocycles. The largest absolute Gasteiger partial charge is 0.465 e. The molecule has 0 aliphatic rings. The maximum atomic E-state index is 10.4. The smallest absolute Gasteiger partial charge is 0.318 e. The van der Waals surface area contributed by atoms with Gasteiger partial charge in [0.2, 0.25) is 0 Å². The van der Waals surface area contributed by atoms with Crippen LogP contribution in [0.1, 0.15) is 14.4 Å². The van der Waals surface area contributed by atoms with Gasteiger partial charge in [-0.1, -0.05) is 7.43 Å². The second-order valence-corrected chi connectivity index (χ2v) is 2.96. The van der Waals surface area contributed by atoms with Gasteiger partial charge in [0, 0.05) is 17.1 Å². The molecule has 0 saturated carbocycles. The van der Waals surface area contributed by atoms with Gasteiger partial charge in [-0.3, -0.25) is 9.00 Å². The molecule has 0 N–H and O–H groups in total. The first-order valence-corrected chi connectivity index (χ1v) is 4.35. The first-order chi connectivity index (χ1) is 4.16. The van der Waals surface area contributed by atoms with Crippen molar-refractivity contribution in [1.29, 1.82) is 0 Å². The van der Waals surface area contributed by atoms with E-state index in [1.165, 1.54) is 6.26 Å². The van der Waals surface area contributed by atoms with Crippen LogP contribution in [0.5, 0.6) is 0 Å². The number of hydrogen-bond acceptors (Lipinski definition) is 3. The molecule has 0 aliphatic heterocycles. The first-order valence-electron chi connectivity index (χ1n) is 2.62. The summed E-state index contributed by atoms with van der Waals surface area (Å²) in [6, 6.07) is 0. The van der Waals surface area contributed by atoms with Crippen LogP contribution in [0.3, 0.4) is 0 Å². The highest BCUT2D eigenvalue weighted by atomic mass is 32.2. The van der Waals surface area contributed by atoms with Crippen molar-refractivity contribution in [2.75, 3.05) is 18.6 Å². The molecule has 1 atom stereocenters. The molecule has 0 aromatic rings. The molecule has 0 aromatic carbocycles. The Morgan fingerprint density at radius 2 is 2.10 bits per heavy atom. The fourth-order valence-corrected chi connectivity index (χ4v) is 0.784. The summed E-state index contributed by atoms with van der Waals surface area (Å²) in [7, 11) is -1.07. The van der Waals surface area contributed by atoms with E-state index in [9.17, 15) is 9.00 Å². The van der Waals surface area contributed by atoms with E-state index >= 15 is 0 Å². The maximum absolute atomic E-state index is 10.4. The van der Waals surface area contributed by atoms with Crippen LogP contribution in [0.4, 0.5) is 0 Å². The molecule has 0 amide bonds. The number of ether oxygens (including phenoxy) is 1. The molecular formula is C6H14O3S. The van der Waals surface area contributed by atoms with E-state index in [0.29, 0.717) is 6.61 Å². The molecular weight excluding hydrogens is 152 g/mol. The van der Waals surface area contributed by atoms with E-state index < -0.39 is 16.8 Å². The number of carbonyl (C=O) groups is 1. The van der Waals surface area contributed by atoms with Gasteiger partial charge in [0.15, 0.2) is 0 Å². The molecule has 0 saturated heterocycles. The monoisotopic (exact) mass is 166 g/mol. The van der Waals surface area contributed by atoms with Crippen LogP contribution >= 0.6 is 0 Å². The molecule has 0 bridgehead atoms. The van der Waals surface area contributed by atoms with Crippen molar-refractivity contribution in [3.8, 4) is 0 Å². The van der Waals surface area contributed by atoms with E-state index in [-0.39, 0.29) is 13.2 Å². The van der Waals surface area contributed by atoms with Gasteiger partial charge in [0.25, 0.3) is 0 Å². The Hall–Kier alpha value is -0.380. The Morgan fingerprint density at radius 1 is 1.60 bits per heavy atom. The summed E-state index contributed by atoms with van der Waals surface area (Å²) in [5.41, 5.74) is 0. The molecule has 0 radical (unpaired) electrons. The van der Waals surface area contributed by atoms with Gasteiger partial charge in [-0.05, 0) is 6.92 Å². The molecule has 3 nitrogen and oxygen atoms in total.